The Hall–Kier alpha value is -5.13. The molecule has 0 aliphatic carbocycles. The molecule has 0 bridgehead atoms. The van der Waals surface area contributed by atoms with E-state index >= 15 is 0 Å². The molecule has 43 heavy (non-hydrogen) atoms. The van der Waals surface area contributed by atoms with Crippen LogP contribution in [-0.4, -0.2) is 75.1 Å². The lowest BCUT2D eigenvalue weighted by atomic mass is 9.97. The molecule has 222 valence electrons. The highest BCUT2D eigenvalue weighted by molar-refractivity contribution is 5.96. The maximum Gasteiger partial charge on any atom is 0.323 e. The molecule has 3 aromatic carbocycles. The van der Waals surface area contributed by atoms with E-state index in [1.165, 1.54) is 41.0 Å². The quantitative estimate of drug-likeness (QED) is 0.240. The molecule has 2 heterocycles. The van der Waals surface area contributed by atoms with Crippen LogP contribution in [0.5, 0.6) is 0 Å². The van der Waals surface area contributed by atoms with E-state index in [0.717, 1.165) is 0 Å². The van der Waals surface area contributed by atoms with E-state index < -0.39 is 23.2 Å². The van der Waals surface area contributed by atoms with Gasteiger partial charge in [0, 0.05) is 49.3 Å². The molecule has 2 aliphatic rings. The van der Waals surface area contributed by atoms with Crippen LogP contribution in [0.15, 0.2) is 72.8 Å². The van der Waals surface area contributed by atoms with Crippen LogP contribution in [0.3, 0.4) is 0 Å². The van der Waals surface area contributed by atoms with Crippen molar-refractivity contribution in [1.29, 1.82) is 0 Å². The Labute approximate surface area is 247 Å². The van der Waals surface area contributed by atoms with Gasteiger partial charge in [-0.3, -0.25) is 24.5 Å². The van der Waals surface area contributed by atoms with Crippen molar-refractivity contribution in [1.82, 2.24) is 14.7 Å². The zero-order valence-electron chi connectivity index (χ0n) is 23.4. The van der Waals surface area contributed by atoms with E-state index in [0.29, 0.717) is 28.8 Å². The topological polar surface area (TPSA) is 133 Å². The van der Waals surface area contributed by atoms with Gasteiger partial charge in [-0.25, -0.2) is 9.18 Å². The predicted molar refractivity (Wildman–Crippen MR) is 155 cm³/mol. The zero-order valence-corrected chi connectivity index (χ0v) is 23.4. The van der Waals surface area contributed by atoms with Crippen LogP contribution in [0.2, 0.25) is 0 Å². The highest BCUT2D eigenvalue weighted by atomic mass is 19.1. The number of halogens is 1. The molecule has 11 nitrogen and oxygen atoms in total. The second-order valence-corrected chi connectivity index (χ2v) is 10.6. The van der Waals surface area contributed by atoms with Crippen LogP contribution in [-0.2, 0) is 22.4 Å². The molecular formula is C31H30FN5O6. The molecule has 0 unspecified atom stereocenters. The summed E-state index contributed by atoms with van der Waals surface area (Å²) in [7, 11) is 0. The zero-order chi connectivity index (χ0) is 30.7. The standard InChI is InChI=1S/C31H30FN5O6/c1-20(38)23-7-9-25(10-8-23)33-31(41)35-16-14-29(39)36-27(18-22-5-11-26(12-6-22)37(42)43)30(40)34(19-28(35)36)15-13-21-3-2-4-24(32)17-21/h2-12,17,27-28H,13-16,18-19H2,1H3,(H,33,41)/t27-,28+/m0/s1. The van der Waals surface area contributed by atoms with Gasteiger partial charge in [0.1, 0.15) is 18.0 Å². The molecule has 5 rings (SSSR count). The van der Waals surface area contributed by atoms with Crippen molar-refractivity contribution in [2.75, 3.05) is 25.0 Å². The number of nitrogens with zero attached hydrogens (tertiary/aromatic N) is 4. The van der Waals surface area contributed by atoms with Crippen LogP contribution < -0.4 is 5.32 Å². The number of nitrogens with one attached hydrogen (secondary N) is 1. The number of benzene rings is 3. The summed E-state index contributed by atoms with van der Waals surface area (Å²) < 4.78 is 13.8. The summed E-state index contributed by atoms with van der Waals surface area (Å²) in [5, 5.41) is 14.0. The maximum absolute atomic E-state index is 13.9. The first-order valence-electron chi connectivity index (χ1n) is 13.9. The van der Waals surface area contributed by atoms with Crippen LogP contribution in [0.25, 0.3) is 0 Å². The smallest absolute Gasteiger partial charge is 0.323 e. The van der Waals surface area contributed by atoms with E-state index in [2.05, 4.69) is 5.32 Å². The molecule has 0 radical (unpaired) electrons. The number of nitro benzene ring substituents is 1. The number of Topliss-reactive ketones (excluding diaryl/α,β-unsaturated/α-hetero) is 1. The Bertz CT molecular complexity index is 1560. The van der Waals surface area contributed by atoms with Crippen molar-refractivity contribution in [3.8, 4) is 0 Å². The number of amides is 4. The number of ketones is 1. The van der Waals surface area contributed by atoms with Gasteiger partial charge in [0.15, 0.2) is 5.78 Å². The predicted octanol–water partition coefficient (Wildman–Crippen LogP) is 4.03. The fourth-order valence-corrected chi connectivity index (χ4v) is 5.54. The lowest BCUT2D eigenvalue weighted by Gasteiger charge is -2.52. The molecule has 0 aromatic heterocycles. The van der Waals surface area contributed by atoms with Gasteiger partial charge in [0.2, 0.25) is 11.8 Å². The normalized spacial score (nSPS) is 18.3. The van der Waals surface area contributed by atoms with Crippen molar-refractivity contribution in [2.45, 2.75) is 38.4 Å². The van der Waals surface area contributed by atoms with E-state index in [-0.39, 0.29) is 61.6 Å². The lowest BCUT2D eigenvalue weighted by Crippen LogP contribution is -2.72. The van der Waals surface area contributed by atoms with E-state index in [1.54, 1.807) is 53.4 Å². The Morgan fingerprint density at radius 3 is 2.40 bits per heavy atom. The second-order valence-electron chi connectivity index (χ2n) is 10.6. The first-order valence-corrected chi connectivity index (χ1v) is 13.9. The average molecular weight is 588 g/mol. The average Bonchev–Trinajstić information content (AvgIpc) is 2.98. The van der Waals surface area contributed by atoms with Gasteiger partial charge in [0.25, 0.3) is 5.69 Å². The molecule has 12 heteroatoms. The third kappa shape index (κ3) is 6.53. The van der Waals surface area contributed by atoms with Gasteiger partial charge in [-0.1, -0.05) is 24.3 Å². The number of piperazine rings is 1. The molecule has 3 aromatic rings. The van der Waals surface area contributed by atoms with E-state index in [9.17, 15) is 33.7 Å². The molecule has 0 saturated carbocycles. The van der Waals surface area contributed by atoms with Gasteiger partial charge in [-0.05, 0) is 60.9 Å². The van der Waals surface area contributed by atoms with Gasteiger partial charge >= 0.3 is 6.03 Å². The lowest BCUT2D eigenvalue weighted by molar-refractivity contribution is -0.384. The minimum absolute atomic E-state index is 0.0144. The molecule has 0 spiro atoms. The van der Waals surface area contributed by atoms with E-state index in [4.69, 9.17) is 0 Å². The van der Waals surface area contributed by atoms with Crippen LogP contribution in [0, 0.1) is 15.9 Å². The van der Waals surface area contributed by atoms with Gasteiger partial charge < -0.3 is 20.0 Å². The van der Waals surface area contributed by atoms with Crippen molar-refractivity contribution in [3.63, 3.8) is 0 Å². The van der Waals surface area contributed by atoms with Crippen molar-refractivity contribution < 1.29 is 28.5 Å². The summed E-state index contributed by atoms with van der Waals surface area (Å²) in [5.74, 6) is -1.08. The Kier molecular flexibility index (Phi) is 8.46. The first-order chi connectivity index (χ1) is 20.6. The number of non-ortho nitro benzene ring substituents is 1. The third-order valence-electron chi connectivity index (χ3n) is 7.79. The summed E-state index contributed by atoms with van der Waals surface area (Å²) in [4.78, 5) is 67.5. The molecule has 2 atom stereocenters. The second kappa shape index (κ2) is 12.4. The number of hydrogen-bond donors (Lipinski definition) is 1. The summed E-state index contributed by atoms with van der Waals surface area (Å²) >= 11 is 0. The Balaban J connectivity index is 1.42. The summed E-state index contributed by atoms with van der Waals surface area (Å²) in [6.07, 6.45) is -0.299. The Morgan fingerprint density at radius 2 is 1.74 bits per heavy atom. The number of anilines is 1. The SMILES string of the molecule is CC(=O)c1ccc(NC(=O)N2CCC(=O)N3[C@@H]2CN(CCc2cccc(F)c2)C(=O)[C@@H]3Cc2ccc([N+](=O)[O-])cc2)cc1. The fourth-order valence-electron chi connectivity index (χ4n) is 5.54. The number of fused-ring (bicyclic) bond motifs is 1. The number of nitro groups is 1. The number of rotatable bonds is 8. The van der Waals surface area contributed by atoms with Crippen molar-refractivity contribution in [2.24, 2.45) is 0 Å². The summed E-state index contributed by atoms with van der Waals surface area (Å²) in [5.41, 5.74) is 2.19. The summed E-state index contributed by atoms with van der Waals surface area (Å²) in [6, 6.07) is 16.9. The highest BCUT2D eigenvalue weighted by Crippen LogP contribution is 2.29. The molecule has 2 saturated heterocycles. The van der Waals surface area contributed by atoms with Crippen LogP contribution in [0.4, 0.5) is 20.6 Å². The van der Waals surface area contributed by atoms with Crippen molar-refractivity contribution >= 4 is 35.0 Å². The Morgan fingerprint density at radius 1 is 1.02 bits per heavy atom. The van der Waals surface area contributed by atoms with E-state index in [1.807, 2.05) is 0 Å². The fraction of sp³-hybridized carbons (Fsp3) is 0.290. The largest absolute Gasteiger partial charge is 0.337 e. The maximum atomic E-state index is 13.9. The first kappa shape index (κ1) is 29.4. The van der Waals surface area contributed by atoms with Gasteiger partial charge in [0.05, 0.1) is 11.5 Å². The molecule has 1 N–H and O–H groups in total. The number of hydrogen-bond acceptors (Lipinski definition) is 6. The van der Waals surface area contributed by atoms with Crippen LogP contribution in [0.1, 0.15) is 34.8 Å². The molecule has 4 amide bonds. The van der Waals surface area contributed by atoms with Crippen LogP contribution >= 0.6 is 0 Å². The highest BCUT2D eigenvalue weighted by Gasteiger charge is 2.48. The van der Waals surface area contributed by atoms with Crippen molar-refractivity contribution in [3.05, 3.63) is 105 Å². The monoisotopic (exact) mass is 587 g/mol. The molecule has 2 fully saturated rings. The van der Waals surface area contributed by atoms with Gasteiger partial charge in [-0.2, -0.15) is 0 Å². The van der Waals surface area contributed by atoms with Gasteiger partial charge in [-0.15, -0.1) is 0 Å². The summed E-state index contributed by atoms with van der Waals surface area (Å²) in [6.45, 7) is 1.88. The number of carbonyl (C=O) groups excluding carboxylic acids is 4. The third-order valence-corrected chi connectivity index (χ3v) is 7.79. The molecular weight excluding hydrogens is 557 g/mol. The minimum atomic E-state index is -0.953. The number of urea groups is 1. The minimum Gasteiger partial charge on any atom is -0.337 e. The molecule has 2 aliphatic heterocycles. The number of carbonyl (C=O) groups is 4.